The van der Waals surface area contributed by atoms with Crippen LogP contribution in [0.3, 0.4) is 0 Å². The first-order chi connectivity index (χ1) is 15.0. The van der Waals surface area contributed by atoms with Gasteiger partial charge in [-0.3, -0.25) is 14.5 Å². The van der Waals surface area contributed by atoms with Crippen LogP contribution in [0.4, 0.5) is 18.9 Å². The molecule has 0 aromatic heterocycles. The van der Waals surface area contributed by atoms with Gasteiger partial charge in [0, 0.05) is 12.7 Å². The first kappa shape index (κ1) is 23.5. The van der Waals surface area contributed by atoms with Crippen molar-refractivity contribution in [3.8, 4) is 5.75 Å². The van der Waals surface area contributed by atoms with Crippen molar-refractivity contribution >= 4 is 27.5 Å². The van der Waals surface area contributed by atoms with Gasteiger partial charge in [0.05, 0.1) is 22.8 Å². The van der Waals surface area contributed by atoms with Gasteiger partial charge in [0.25, 0.3) is 10.0 Å². The lowest BCUT2D eigenvalue weighted by Crippen LogP contribution is -2.29. The lowest BCUT2D eigenvalue weighted by atomic mass is 10.1. The van der Waals surface area contributed by atoms with Crippen molar-refractivity contribution in [2.24, 2.45) is 4.99 Å². The predicted octanol–water partition coefficient (Wildman–Crippen LogP) is 2.80. The summed E-state index contributed by atoms with van der Waals surface area (Å²) in [5.74, 6) is -0.754. The molecule has 0 saturated carbocycles. The van der Waals surface area contributed by atoms with Gasteiger partial charge in [0.1, 0.15) is 24.2 Å². The quantitative estimate of drug-likeness (QED) is 0.604. The summed E-state index contributed by atoms with van der Waals surface area (Å²) in [7, 11) is -2.36. The maximum Gasteiger partial charge on any atom is 0.416 e. The van der Waals surface area contributed by atoms with E-state index in [1.807, 2.05) is 0 Å². The summed E-state index contributed by atoms with van der Waals surface area (Å²) in [4.78, 5) is 16.8. The lowest BCUT2D eigenvalue weighted by molar-refractivity contribution is -0.137. The largest absolute Gasteiger partial charge is 0.489 e. The van der Waals surface area contributed by atoms with E-state index < -0.39 is 33.7 Å². The number of hydrogen-bond donors (Lipinski definition) is 2. The number of fused-ring (bicyclic) bond motifs is 1. The molecule has 2 aromatic rings. The Morgan fingerprint density at radius 2 is 1.91 bits per heavy atom. The van der Waals surface area contributed by atoms with Crippen molar-refractivity contribution in [2.45, 2.75) is 24.0 Å². The molecule has 0 aliphatic carbocycles. The van der Waals surface area contributed by atoms with Gasteiger partial charge in [-0.1, -0.05) is 12.1 Å². The van der Waals surface area contributed by atoms with E-state index in [1.54, 1.807) is 12.1 Å². The predicted molar refractivity (Wildman–Crippen MR) is 110 cm³/mol. The summed E-state index contributed by atoms with van der Waals surface area (Å²) >= 11 is 0. The average molecular weight is 471 g/mol. The Kier molecular flexibility index (Phi) is 6.74. The third-order valence-electron chi connectivity index (χ3n) is 4.47. The minimum absolute atomic E-state index is 0.0233. The molecule has 1 aliphatic rings. The molecule has 1 heterocycles. The normalized spacial score (nSPS) is 16.8. The fourth-order valence-electron chi connectivity index (χ4n) is 2.88. The van der Waals surface area contributed by atoms with Crippen molar-refractivity contribution in [3.05, 3.63) is 53.6 Å². The lowest BCUT2D eigenvalue weighted by Gasteiger charge is -2.16. The van der Waals surface area contributed by atoms with Gasteiger partial charge in [0.15, 0.2) is 0 Å². The van der Waals surface area contributed by atoms with E-state index in [9.17, 15) is 26.4 Å². The van der Waals surface area contributed by atoms with Gasteiger partial charge in [-0.05, 0) is 37.3 Å². The Labute approximate surface area is 182 Å². The number of amides is 1. The second-order valence-corrected chi connectivity index (χ2v) is 8.45. The van der Waals surface area contributed by atoms with Crippen molar-refractivity contribution in [1.29, 1.82) is 0 Å². The SMILES string of the molecule is COCCOc1ccc(C(F)(F)F)cc1NC(=O)[C@H](C)N=C1NS(=O)(=O)c2ccccc21. The Bertz CT molecular complexity index is 1150. The maximum absolute atomic E-state index is 13.1. The zero-order valence-corrected chi connectivity index (χ0v) is 17.9. The minimum atomic E-state index is -4.62. The third kappa shape index (κ3) is 5.19. The van der Waals surface area contributed by atoms with Crippen LogP contribution in [-0.4, -0.2) is 46.5 Å². The van der Waals surface area contributed by atoms with E-state index in [4.69, 9.17) is 9.47 Å². The number of carbonyl (C=O) groups is 1. The van der Waals surface area contributed by atoms with Gasteiger partial charge in [-0.15, -0.1) is 0 Å². The summed E-state index contributed by atoms with van der Waals surface area (Å²) in [6, 6.07) is 7.68. The summed E-state index contributed by atoms with van der Waals surface area (Å²) in [6.07, 6.45) is -4.62. The molecule has 0 spiro atoms. The molecule has 0 unspecified atom stereocenters. The van der Waals surface area contributed by atoms with Gasteiger partial charge in [-0.25, -0.2) is 8.42 Å². The zero-order chi connectivity index (χ0) is 23.5. The number of carbonyl (C=O) groups excluding carboxylic acids is 1. The second-order valence-electron chi connectivity index (χ2n) is 6.79. The molecule has 1 atom stereocenters. The number of hydrogen-bond acceptors (Lipinski definition) is 6. The van der Waals surface area contributed by atoms with Crippen LogP contribution in [-0.2, 0) is 25.7 Å². The highest BCUT2D eigenvalue weighted by atomic mass is 32.2. The Hall–Kier alpha value is -3.12. The molecule has 0 radical (unpaired) electrons. The number of nitrogens with one attached hydrogen (secondary N) is 2. The number of halogens is 3. The first-order valence-electron chi connectivity index (χ1n) is 9.37. The average Bonchev–Trinajstić information content (AvgIpc) is 2.98. The molecule has 2 aromatic carbocycles. The molecule has 3 rings (SSSR count). The smallest absolute Gasteiger partial charge is 0.416 e. The molecule has 32 heavy (non-hydrogen) atoms. The number of rotatable bonds is 7. The molecule has 12 heteroatoms. The number of amidine groups is 1. The fourth-order valence-corrected chi connectivity index (χ4v) is 4.12. The molecule has 2 N–H and O–H groups in total. The highest BCUT2D eigenvalue weighted by Gasteiger charge is 2.33. The van der Waals surface area contributed by atoms with E-state index in [1.165, 1.54) is 26.2 Å². The number of sulfonamides is 1. The van der Waals surface area contributed by atoms with Crippen molar-refractivity contribution < 1.29 is 35.9 Å². The maximum atomic E-state index is 13.1. The number of aliphatic imine (C=N–C) groups is 1. The number of methoxy groups -OCH3 is 1. The van der Waals surface area contributed by atoms with Crippen LogP contribution < -0.4 is 14.8 Å². The van der Waals surface area contributed by atoms with Crippen LogP contribution in [0.25, 0.3) is 0 Å². The summed E-state index contributed by atoms with van der Waals surface area (Å²) < 4.78 is 76.3. The van der Waals surface area contributed by atoms with E-state index in [-0.39, 0.29) is 35.4 Å². The van der Waals surface area contributed by atoms with Crippen LogP contribution in [0.2, 0.25) is 0 Å². The van der Waals surface area contributed by atoms with E-state index in [0.29, 0.717) is 5.56 Å². The molecule has 1 aliphatic heterocycles. The Balaban J connectivity index is 1.85. The molecule has 8 nitrogen and oxygen atoms in total. The molecule has 172 valence electrons. The monoisotopic (exact) mass is 471 g/mol. The van der Waals surface area contributed by atoms with Gasteiger partial charge in [-0.2, -0.15) is 13.2 Å². The van der Waals surface area contributed by atoms with Gasteiger partial charge >= 0.3 is 6.18 Å². The van der Waals surface area contributed by atoms with Crippen LogP contribution in [0.5, 0.6) is 5.75 Å². The Morgan fingerprint density at radius 1 is 1.19 bits per heavy atom. The molecule has 0 bridgehead atoms. The topological polar surface area (TPSA) is 106 Å². The molecule has 1 amide bonds. The molecular formula is C20H20F3N3O5S. The zero-order valence-electron chi connectivity index (χ0n) is 17.1. The van der Waals surface area contributed by atoms with Crippen LogP contribution >= 0.6 is 0 Å². The van der Waals surface area contributed by atoms with E-state index in [0.717, 1.165) is 18.2 Å². The van der Waals surface area contributed by atoms with Crippen molar-refractivity contribution in [2.75, 3.05) is 25.6 Å². The summed E-state index contributed by atoms with van der Waals surface area (Å²) in [5, 5.41) is 2.38. The number of nitrogens with zero attached hydrogens (tertiary/aromatic N) is 1. The van der Waals surface area contributed by atoms with Crippen LogP contribution in [0.1, 0.15) is 18.1 Å². The number of benzene rings is 2. The van der Waals surface area contributed by atoms with Gasteiger partial charge < -0.3 is 14.8 Å². The van der Waals surface area contributed by atoms with Crippen LogP contribution in [0, 0.1) is 0 Å². The molecular weight excluding hydrogens is 451 g/mol. The number of ether oxygens (including phenoxy) is 2. The van der Waals surface area contributed by atoms with Crippen LogP contribution in [0.15, 0.2) is 52.4 Å². The van der Waals surface area contributed by atoms with E-state index in [2.05, 4.69) is 15.0 Å². The van der Waals surface area contributed by atoms with E-state index >= 15 is 0 Å². The third-order valence-corrected chi connectivity index (χ3v) is 5.87. The number of alkyl halides is 3. The van der Waals surface area contributed by atoms with Crippen molar-refractivity contribution in [3.63, 3.8) is 0 Å². The summed E-state index contributed by atoms with van der Waals surface area (Å²) in [6.45, 7) is 1.63. The fraction of sp³-hybridized carbons (Fsp3) is 0.300. The van der Waals surface area contributed by atoms with Gasteiger partial charge in [0.2, 0.25) is 5.91 Å². The minimum Gasteiger partial charge on any atom is -0.489 e. The molecule has 0 fully saturated rings. The highest BCUT2D eigenvalue weighted by molar-refractivity contribution is 7.90. The standard InChI is InChI=1S/C20H20F3N3O5S/c1-12(24-18-14-5-3-4-6-17(14)32(28,29)26-18)19(27)25-15-11-13(20(21,22)23)7-8-16(15)31-10-9-30-2/h3-8,11-12H,9-10H2,1-2H3,(H,24,26)(H,25,27)/t12-/m0/s1. The second kappa shape index (κ2) is 9.17. The van der Waals surface area contributed by atoms with Crippen molar-refractivity contribution in [1.82, 2.24) is 4.72 Å². The first-order valence-corrected chi connectivity index (χ1v) is 10.8. The summed E-state index contributed by atoms with van der Waals surface area (Å²) in [5.41, 5.74) is -0.862. The molecule has 0 saturated heterocycles. The highest BCUT2D eigenvalue weighted by Crippen LogP contribution is 2.35. The Morgan fingerprint density at radius 3 is 2.59 bits per heavy atom. The number of anilines is 1.